The number of hydrogen-bond donors (Lipinski definition) is 1. The molecular weight excluding hydrogens is 216 g/mol. The van der Waals surface area contributed by atoms with Gasteiger partial charge in [-0.05, 0) is 38.1 Å². The van der Waals surface area contributed by atoms with Gasteiger partial charge in [-0.15, -0.1) is 0 Å². The van der Waals surface area contributed by atoms with Gasteiger partial charge in [0, 0.05) is 32.8 Å². The fourth-order valence-electron chi connectivity index (χ4n) is 3.21. The Bertz CT molecular complexity index is 217. The highest BCUT2D eigenvalue weighted by Gasteiger charge is 2.32. The van der Waals surface area contributed by atoms with E-state index in [1.807, 2.05) is 0 Å². The van der Waals surface area contributed by atoms with E-state index >= 15 is 0 Å². The van der Waals surface area contributed by atoms with Crippen molar-refractivity contribution in [3.63, 3.8) is 0 Å². The number of ether oxygens (including phenoxy) is 2. The van der Waals surface area contributed by atoms with Crippen LogP contribution in [0.5, 0.6) is 0 Å². The van der Waals surface area contributed by atoms with Crippen LogP contribution in [0.3, 0.4) is 0 Å². The van der Waals surface area contributed by atoms with E-state index in [-0.39, 0.29) is 0 Å². The molecule has 2 saturated heterocycles. The third-order valence-electron chi connectivity index (χ3n) is 4.06. The highest BCUT2D eigenvalue weighted by Crippen LogP contribution is 2.24. The van der Waals surface area contributed by atoms with Crippen molar-refractivity contribution in [2.45, 2.75) is 37.8 Å². The summed E-state index contributed by atoms with van der Waals surface area (Å²) in [6.07, 6.45) is 5.27. The van der Waals surface area contributed by atoms with E-state index in [1.54, 1.807) is 7.11 Å². The molecule has 2 N–H and O–H groups in total. The Labute approximate surface area is 104 Å². The van der Waals surface area contributed by atoms with Crippen LogP contribution in [0.15, 0.2) is 0 Å². The Kier molecular flexibility index (Phi) is 5.22. The highest BCUT2D eigenvalue weighted by molar-refractivity contribution is 4.87. The fraction of sp³-hybridized carbons (Fsp3) is 1.00. The predicted octanol–water partition coefficient (Wildman–Crippen LogP) is 0.851. The summed E-state index contributed by atoms with van der Waals surface area (Å²) in [6, 6.07) is 0.414. The van der Waals surface area contributed by atoms with E-state index in [2.05, 4.69) is 4.90 Å². The zero-order valence-corrected chi connectivity index (χ0v) is 10.9. The van der Waals surface area contributed by atoms with Gasteiger partial charge in [-0.3, -0.25) is 4.90 Å². The maximum Gasteiger partial charge on any atom is 0.0743 e. The SMILES string of the molecule is COCC1CCCN(C(CN)C2CCCO2)C1. The zero-order chi connectivity index (χ0) is 12.1. The lowest BCUT2D eigenvalue weighted by atomic mass is 9.95. The first-order chi connectivity index (χ1) is 8.35. The van der Waals surface area contributed by atoms with Gasteiger partial charge in [0.15, 0.2) is 0 Å². The molecule has 0 bridgehead atoms. The molecule has 2 aliphatic rings. The number of nitrogens with two attached hydrogens (primary N) is 1. The van der Waals surface area contributed by atoms with Gasteiger partial charge in [-0.25, -0.2) is 0 Å². The molecule has 2 rings (SSSR count). The topological polar surface area (TPSA) is 47.7 Å². The third-order valence-corrected chi connectivity index (χ3v) is 4.06. The van der Waals surface area contributed by atoms with E-state index in [1.165, 1.54) is 32.2 Å². The molecule has 0 aromatic heterocycles. The summed E-state index contributed by atoms with van der Waals surface area (Å²) < 4.78 is 11.1. The second kappa shape index (κ2) is 6.69. The van der Waals surface area contributed by atoms with E-state index in [0.29, 0.717) is 24.6 Å². The highest BCUT2D eigenvalue weighted by atomic mass is 16.5. The average Bonchev–Trinajstić information content (AvgIpc) is 2.85. The van der Waals surface area contributed by atoms with Gasteiger partial charge in [-0.1, -0.05) is 0 Å². The lowest BCUT2D eigenvalue weighted by Gasteiger charge is -2.39. The van der Waals surface area contributed by atoms with Crippen LogP contribution in [0.25, 0.3) is 0 Å². The van der Waals surface area contributed by atoms with Crippen molar-refractivity contribution in [2.24, 2.45) is 11.7 Å². The number of methoxy groups -OCH3 is 1. The van der Waals surface area contributed by atoms with Crippen LogP contribution < -0.4 is 5.73 Å². The van der Waals surface area contributed by atoms with Gasteiger partial charge in [0.05, 0.1) is 12.7 Å². The molecule has 2 aliphatic heterocycles. The molecular formula is C13H26N2O2. The molecule has 2 fully saturated rings. The van der Waals surface area contributed by atoms with E-state index in [0.717, 1.165) is 19.8 Å². The quantitative estimate of drug-likeness (QED) is 0.776. The van der Waals surface area contributed by atoms with E-state index in [4.69, 9.17) is 15.2 Å². The van der Waals surface area contributed by atoms with Crippen molar-refractivity contribution < 1.29 is 9.47 Å². The summed E-state index contributed by atoms with van der Waals surface area (Å²) in [5.74, 6) is 0.671. The molecule has 0 radical (unpaired) electrons. The van der Waals surface area contributed by atoms with Crippen LogP contribution in [0.1, 0.15) is 25.7 Å². The Balaban J connectivity index is 1.89. The molecule has 0 saturated carbocycles. The summed E-state index contributed by atoms with van der Waals surface area (Å²) in [5, 5.41) is 0. The van der Waals surface area contributed by atoms with Crippen molar-refractivity contribution in [3.05, 3.63) is 0 Å². The normalized spacial score (nSPS) is 32.8. The molecule has 4 heteroatoms. The minimum atomic E-state index is 0.362. The summed E-state index contributed by atoms with van der Waals surface area (Å²) in [5.41, 5.74) is 5.95. The fourth-order valence-corrected chi connectivity index (χ4v) is 3.21. The lowest BCUT2D eigenvalue weighted by Crippen LogP contribution is -2.52. The minimum absolute atomic E-state index is 0.362. The second-order valence-corrected chi connectivity index (χ2v) is 5.31. The first kappa shape index (κ1) is 13.3. The molecule has 17 heavy (non-hydrogen) atoms. The molecule has 0 spiro atoms. The maximum absolute atomic E-state index is 5.95. The molecule has 4 nitrogen and oxygen atoms in total. The molecule has 0 aliphatic carbocycles. The van der Waals surface area contributed by atoms with Crippen molar-refractivity contribution in [1.29, 1.82) is 0 Å². The van der Waals surface area contributed by atoms with Crippen LogP contribution in [-0.4, -0.2) is 57.0 Å². The van der Waals surface area contributed by atoms with Crippen LogP contribution in [0.2, 0.25) is 0 Å². The average molecular weight is 242 g/mol. The summed E-state index contributed by atoms with van der Waals surface area (Å²) >= 11 is 0. The molecule has 100 valence electrons. The first-order valence-electron chi connectivity index (χ1n) is 6.89. The Morgan fingerprint density at radius 3 is 2.94 bits per heavy atom. The Morgan fingerprint density at radius 1 is 1.41 bits per heavy atom. The van der Waals surface area contributed by atoms with Crippen molar-refractivity contribution in [1.82, 2.24) is 4.90 Å². The summed E-state index contributed by atoms with van der Waals surface area (Å²) in [6.45, 7) is 4.79. The van der Waals surface area contributed by atoms with Gasteiger partial charge in [0.25, 0.3) is 0 Å². The maximum atomic E-state index is 5.95. The number of nitrogens with zero attached hydrogens (tertiary/aromatic N) is 1. The summed E-state index contributed by atoms with van der Waals surface area (Å²) in [4.78, 5) is 2.53. The molecule has 0 amide bonds. The van der Waals surface area contributed by atoms with Crippen molar-refractivity contribution in [3.8, 4) is 0 Å². The molecule has 3 atom stereocenters. The molecule has 0 aromatic rings. The van der Waals surface area contributed by atoms with Crippen LogP contribution >= 0.6 is 0 Å². The van der Waals surface area contributed by atoms with Gasteiger partial charge >= 0.3 is 0 Å². The van der Waals surface area contributed by atoms with Crippen LogP contribution in [0.4, 0.5) is 0 Å². The molecule has 2 heterocycles. The minimum Gasteiger partial charge on any atom is -0.384 e. The number of hydrogen-bond acceptors (Lipinski definition) is 4. The molecule has 0 aromatic carbocycles. The van der Waals surface area contributed by atoms with Gasteiger partial charge in [0.2, 0.25) is 0 Å². The first-order valence-corrected chi connectivity index (χ1v) is 6.89. The van der Waals surface area contributed by atoms with Gasteiger partial charge < -0.3 is 15.2 Å². The third kappa shape index (κ3) is 3.41. The lowest BCUT2D eigenvalue weighted by molar-refractivity contribution is -0.000536. The van der Waals surface area contributed by atoms with Crippen LogP contribution in [-0.2, 0) is 9.47 Å². The number of likely N-dealkylation sites (tertiary alicyclic amines) is 1. The van der Waals surface area contributed by atoms with E-state index < -0.39 is 0 Å². The Morgan fingerprint density at radius 2 is 2.29 bits per heavy atom. The number of piperidine rings is 1. The number of rotatable bonds is 5. The van der Waals surface area contributed by atoms with Crippen molar-refractivity contribution in [2.75, 3.05) is 40.0 Å². The molecule has 3 unspecified atom stereocenters. The smallest absolute Gasteiger partial charge is 0.0743 e. The van der Waals surface area contributed by atoms with Gasteiger partial charge in [-0.2, -0.15) is 0 Å². The van der Waals surface area contributed by atoms with Crippen LogP contribution in [0, 0.1) is 5.92 Å². The summed E-state index contributed by atoms with van der Waals surface area (Å²) in [7, 11) is 1.79. The van der Waals surface area contributed by atoms with Gasteiger partial charge in [0.1, 0.15) is 0 Å². The Hall–Kier alpha value is -0.160. The van der Waals surface area contributed by atoms with E-state index in [9.17, 15) is 0 Å². The standard InChI is InChI=1S/C13H26N2O2/c1-16-10-11-4-2-6-15(9-11)12(8-14)13-5-3-7-17-13/h11-13H,2-10,14H2,1H3. The largest absolute Gasteiger partial charge is 0.384 e. The predicted molar refractivity (Wildman–Crippen MR) is 68.0 cm³/mol. The second-order valence-electron chi connectivity index (χ2n) is 5.31. The zero-order valence-electron chi connectivity index (χ0n) is 10.9. The van der Waals surface area contributed by atoms with Crippen molar-refractivity contribution >= 4 is 0 Å². The monoisotopic (exact) mass is 242 g/mol.